The molecule has 23 heavy (non-hydrogen) atoms. The van der Waals surface area contributed by atoms with E-state index in [0.29, 0.717) is 19.5 Å². The number of benzene rings is 1. The molecular formula is C18H23N3O2. The first-order valence-electron chi connectivity index (χ1n) is 8.17. The van der Waals surface area contributed by atoms with Crippen molar-refractivity contribution in [1.82, 2.24) is 10.6 Å². The topological polar surface area (TPSA) is 61.4 Å². The first-order valence-corrected chi connectivity index (χ1v) is 8.17. The molecule has 0 saturated carbocycles. The fourth-order valence-electron chi connectivity index (χ4n) is 3.03. The molecule has 3 rings (SSSR count). The largest absolute Gasteiger partial charge is 0.352 e. The zero-order valence-electron chi connectivity index (χ0n) is 13.5. The van der Waals surface area contributed by atoms with Gasteiger partial charge in [-0.15, -0.1) is 0 Å². The Hall–Kier alpha value is -2.14. The highest BCUT2D eigenvalue weighted by molar-refractivity contribution is 6.00. The van der Waals surface area contributed by atoms with Crippen molar-refractivity contribution in [3.63, 3.8) is 0 Å². The highest BCUT2D eigenvalue weighted by atomic mass is 16.2. The van der Waals surface area contributed by atoms with Crippen molar-refractivity contribution in [3.05, 3.63) is 41.5 Å². The van der Waals surface area contributed by atoms with Crippen LogP contribution < -0.4 is 15.5 Å². The summed E-state index contributed by atoms with van der Waals surface area (Å²) in [6.07, 6.45) is 3.39. The van der Waals surface area contributed by atoms with Gasteiger partial charge in [0, 0.05) is 31.7 Å². The number of hydrogen-bond acceptors (Lipinski definition) is 3. The predicted octanol–water partition coefficient (Wildman–Crippen LogP) is 1.38. The lowest BCUT2D eigenvalue weighted by Gasteiger charge is -2.18. The van der Waals surface area contributed by atoms with Gasteiger partial charge in [0.2, 0.25) is 11.8 Å². The second-order valence-corrected chi connectivity index (χ2v) is 6.28. The van der Waals surface area contributed by atoms with Crippen molar-refractivity contribution in [2.24, 2.45) is 5.92 Å². The van der Waals surface area contributed by atoms with Gasteiger partial charge in [-0.1, -0.05) is 29.3 Å². The summed E-state index contributed by atoms with van der Waals surface area (Å²) in [7, 11) is 0. The number of carbonyl (C=O) groups excluding carboxylic acids is 2. The van der Waals surface area contributed by atoms with E-state index in [9.17, 15) is 9.59 Å². The summed E-state index contributed by atoms with van der Waals surface area (Å²) in [5.41, 5.74) is 3.29. The maximum atomic E-state index is 12.3. The third kappa shape index (κ3) is 3.79. The standard InChI is InChI=1S/C18H23N3O2/c1-13-2-4-16(5-3-13)21-12-15(10-17(21)22)18(23)20-11-14-6-8-19-9-7-14/h2-6,15,19H,7-12H2,1H3,(H,20,23). The van der Waals surface area contributed by atoms with Crippen molar-refractivity contribution < 1.29 is 9.59 Å². The van der Waals surface area contributed by atoms with Crippen LogP contribution in [0.5, 0.6) is 0 Å². The van der Waals surface area contributed by atoms with Gasteiger partial charge in [0.15, 0.2) is 0 Å². The van der Waals surface area contributed by atoms with Crippen LogP contribution in [0.3, 0.4) is 0 Å². The van der Waals surface area contributed by atoms with Gasteiger partial charge in [0.1, 0.15) is 0 Å². The Morgan fingerprint density at radius 1 is 1.35 bits per heavy atom. The molecule has 1 fully saturated rings. The molecule has 5 nitrogen and oxygen atoms in total. The van der Waals surface area contributed by atoms with E-state index in [2.05, 4.69) is 16.7 Å². The number of carbonyl (C=O) groups is 2. The van der Waals surface area contributed by atoms with Gasteiger partial charge in [-0.25, -0.2) is 0 Å². The zero-order chi connectivity index (χ0) is 16.2. The zero-order valence-corrected chi connectivity index (χ0v) is 13.5. The molecule has 2 aliphatic heterocycles. The first-order chi connectivity index (χ1) is 11.1. The third-order valence-electron chi connectivity index (χ3n) is 4.49. The molecule has 0 bridgehead atoms. The van der Waals surface area contributed by atoms with Crippen molar-refractivity contribution >= 4 is 17.5 Å². The molecule has 1 aromatic carbocycles. The summed E-state index contributed by atoms with van der Waals surface area (Å²) < 4.78 is 0. The molecule has 1 saturated heterocycles. The van der Waals surface area contributed by atoms with Crippen LogP contribution in [0.1, 0.15) is 18.4 Å². The van der Waals surface area contributed by atoms with E-state index in [1.165, 1.54) is 5.57 Å². The van der Waals surface area contributed by atoms with Crippen molar-refractivity contribution in [3.8, 4) is 0 Å². The fraction of sp³-hybridized carbons (Fsp3) is 0.444. The SMILES string of the molecule is Cc1ccc(N2CC(C(=O)NCC3=CCNCC3)CC2=O)cc1. The number of anilines is 1. The minimum Gasteiger partial charge on any atom is -0.352 e. The van der Waals surface area contributed by atoms with Gasteiger partial charge < -0.3 is 15.5 Å². The maximum absolute atomic E-state index is 12.3. The summed E-state index contributed by atoms with van der Waals surface area (Å²) in [6.45, 7) is 4.91. The Kier molecular flexibility index (Phi) is 4.76. The molecule has 1 aromatic rings. The predicted molar refractivity (Wildman–Crippen MR) is 90.2 cm³/mol. The minimum absolute atomic E-state index is 0.0209. The number of amides is 2. The first kappa shape index (κ1) is 15.7. The van der Waals surface area contributed by atoms with Crippen LogP contribution in [0.25, 0.3) is 0 Å². The fourth-order valence-corrected chi connectivity index (χ4v) is 3.03. The van der Waals surface area contributed by atoms with E-state index < -0.39 is 0 Å². The quantitative estimate of drug-likeness (QED) is 0.826. The lowest BCUT2D eigenvalue weighted by molar-refractivity contribution is -0.126. The third-order valence-corrected chi connectivity index (χ3v) is 4.49. The van der Waals surface area contributed by atoms with Crippen molar-refractivity contribution in [2.75, 3.05) is 31.1 Å². The van der Waals surface area contributed by atoms with Crippen LogP contribution in [-0.2, 0) is 9.59 Å². The van der Waals surface area contributed by atoms with Gasteiger partial charge in [-0.3, -0.25) is 9.59 Å². The Labute approximate surface area is 136 Å². The monoisotopic (exact) mass is 313 g/mol. The molecule has 0 radical (unpaired) electrons. The average molecular weight is 313 g/mol. The molecule has 1 atom stereocenters. The molecule has 2 amide bonds. The molecule has 5 heteroatoms. The smallest absolute Gasteiger partial charge is 0.227 e. The van der Waals surface area contributed by atoms with E-state index >= 15 is 0 Å². The number of aryl methyl sites for hydroxylation is 1. The van der Waals surface area contributed by atoms with Gasteiger partial charge >= 0.3 is 0 Å². The highest BCUT2D eigenvalue weighted by Crippen LogP contribution is 2.25. The molecule has 1 unspecified atom stereocenters. The van der Waals surface area contributed by atoms with Crippen molar-refractivity contribution in [1.29, 1.82) is 0 Å². The summed E-state index contributed by atoms with van der Waals surface area (Å²) >= 11 is 0. The molecular weight excluding hydrogens is 290 g/mol. The average Bonchev–Trinajstić information content (AvgIpc) is 2.96. The van der Waals surface area contributed by atoms with Gasteiger partial charge in [-0.2, -0.15) is 0 Å². The second kappa shape index (κ2) is 6.96. The van der Waals surface area contributed by atoms with Crippen molar-refractivity contribution in [2.45, 2.75) is 19.8 Å². The second-order valence-electron chi connectivity index (χ2n) is 6.28. The highest BCUT2D eigenvalue weighted by Gasteiger charge is 2.34. The van der Waals surface area contributed by atoms with Gasteiger partial charge in [0.05, 0.1) is 5.92 Å². The van der Waals surface area contributed by atoms with Crippen LogP contribution in [-0.4, -0.2) is 38.0 Å². The van der Waals surface area contributed by atoms with Gasteiger partial charge in [0.25, 0.3) is 0 Å². The lowest BCUT2D eigenvalue weighted by atomic mass is 10.1. The van der Waals surface area contributed by atoms with Crippen LogP contribution in [0.4, 0.5) is 5.69 Å². The van der Waals surface area contributed by atoms with E-state index in [4.69, 9.17) is 0 Å². The Balaban J connectivity index is 1.57. The molecule has 2 aliphatic rings. The minimum atomic E-state index is -0.258. The van der Waals surface area contributed by atoms with E-state index in [-0.39, 0.29) is 17.7 Å². The van der Waals surface area contributed by atoms with E-state index in [0.717, 1.165) is 30.8 Å². The Morgan fingerprint density at radius 2 is 2.13 bits per heavy atom. The molecule has 2 heterocycles. The summed E-state index contributed by atoms with van der Waals surface area (Å²) in [6, 6.07) is 7.85. The maximum Gasteiger partial charge on any atom is 0.227 e. The number of rotatable bonds is 4. The normalized spacial score (nSPS) is 21.3. The van der Waals surface area contributed by atoms with E-state index in [1.807, 2.05) is 31.2 Å². The molecule has 122 valence electrons. The molecule has 0 aromatic heterocycles. The lowest BCUT2D eigenvalue weighted by Crippen LogP contribution is -2.35. The summed E-state index contributed by atoms with van der Waals surface area (Å²) in [5, 5.41) is 6.23. The van der Waals surface area contributed by atoms with Crippen LogP contribution >= 0.6 is 0 Å². The Morgan fingerprint density at radius 3 is 2.83 bits per heavy atom. The summed E-state index contributed by atoms with van der Waals surface area (Å²) in [5.74, 6) is -0.256. The molecule has 0 aliphatic carbocycles. The van der Waals surface area contributed by atoms with Gasteiger partial charge in [-0.05, 0) is 32.0 Å². The van der Waals surface area contributed by atoms with Crippen LogP contribution in [0, 0.1) is 12.8 Å². The van der Waals surface area contributed by atoms with Crippen LogP contribution in [0.15, 0.2) is 35.9 Å². The molecule has 2 N–H and O–H groups in total. The van der Waals surface area contributed by atoms with E-state index in [1.54, 1.807) is 4.90 Å². The number of nitrogens with one attached hydrogen (secondary N) is 2. The number of nitrogens with zero attached hydrogens (tertiary/aromatic N) is 1. The Bertz CT molecular complexity index is 622. The number of hydrogen-bond donors (Lipinski definition) is 2. The molecule has 0 spiro atoms. The summed E-state index contributed by atoms with van der Waals surface area (Å²) in [4.78, 5) is 26.3. The van der Waals surface area contributed by atoms with Crippen LogP contribution in [0.2, 0.25) is 0 Å².